The first-order valence-corrected chi connectivity index (χ1v) is 6.80. The molecule has 0 aliphatic carbocycles. The number of ether oxygens (including phenoxy) is 1. The predicted molar refractivity (Wildman–Crippen MR) is 79.2 cm³/mol. The van der Waals surface area contributed by atoms with E-state index in [0.717, 1.165) is 0 Å². The summed E-state index contributed by atoms with van der Waals surface area (Å²) in [7, 11) is 1.60. The Labute approximate surface area is 125 Å². The van der Waals surface area contributed by atoms with Crippen LogP contribution in [0.4, 0.5) is 10.5 Å². The maximum absolute atomic E-state index is 11.7. The fraction of sp³-hybridized carbons (Fsp3) is 0.385. The lowest BCUT2D eigenvalue weighted by Gasteiger charge is -2.12. The van der Waals surface area contributed by atoms with E-state index in [-0.39, 0.29) is 17.5 Å². The molecule has 0 saturated carbocycles. The molecule has 0 aliphatic heterocycles. The Morgan fingerprint density at radius 3 is 2.75 bits per heavy atom. The average molecular weight is 345 g/mol. The Morgan fingerprint density at radius 1 is 1.45 bits per heavy atom. The summed E-state index contributed by atoms with van der Waals surface area (Å²) in [5.74, 6) is -0.861. The smallest absolute Gasteiger partial charge is 0.336 e. The van der Waals surface area contributed by atoms with Gasteiger partial charge in [0.1, 0.15) is 0 Å². The minimum Gasteiger partial charge on any atom is -0.478 e. The molecule has 2 amide bonds. The van der Waals surface area contributed by atoms with Gasteiger partial charge in [0.05, 0.1) is 12.2 Å². The van der Waals surface area contributed by atoms with Gasteiger partial charge in [-0.3, -0.25) is 0 Å². The molecule has 0 heterocycles. The van der Waals surface area contributed by atoms with Gasteiger partial charge in [0.15, 0.2) is 0 Å². The molecule has 20 heavy (non-hydrogen) atoms. The van der Waals surface area contributed by atoms with Crippen LogP contribution in [-0.2, 0) is 4.74 Å². The quantitative estimate of drug-likeness (QED) is 0.739. The molecule has 0 fully saturated rings. The largest absolute Gasteiger partial charge is 0.478 e. The van der Waals surface area contributed by atoms with Gasteiger partial charge in [-0.2, -0.15) is 0 Å². The standard InChI is InChI=1S/C13H17BrN2O4/c1-8(7-20-2)6-15-13(19)16-9-3-4-11(14)10(5-9)12(17)18/h3-5,8H,6-7H2,1-2H3,(H,17,18)(H2,15,16,19). The first kappa shape index (κ1) is 16.5. The van der Waals surface area contributed by atoms with E-state index in [9.17, 15) is 9.59 Å². The predicted octanol–water partition coefficient (Wildman–Crippen LogP) is 2.55. The van der Waals surface area contributed by atoms with Crippen LogP contribution in [0.5, 0.6) is 0 Å². The van der Waals surface area contributed by atoms with Crippen LogP contribution in [-0.4, -0.2) is 37.4 Å². The highest BCUT2D eigenvalue weighted by Crippen LogP contribution is 2.21. The van der Waals surface area contributed by atoms with E-state index < -0.39 is 5.97 Å². The molecular weight excluding hydrogens is 328 g/mol. The third-order valence-corrected chi connectivity index (χ3v) is 3.21. The molecule has 1 atom stereocenters. The number of hydrogen-bond acceptors (Lipinski definition) is 3. The SMILES string of the molecule is COCC(C)CNC(=O)Nc1ccc(Br)c(C(=O)O)c1. The third-order valence-electron chi connectivity index (χ3n) is 2.52. The van der Waals surface area contributed by atoms with E-state index in [1.807, 2.05) is 6.92 Å². The zero-order valence-electron chi connectivity index (χ0n) is 11.3. The Bertz CT molecular complexity index is 493. The molecule has 110 valence electrons. The van der Waals surface area contributed by atoms with E-state index in [1.54, 1.807) is 19.2 Å². The number of benzene rings is 1. The number of carboxylic acid groups (broad SMARTS) is 1. The van der Waals surface area contributed by atoms with Gasteiger partial charge in [-0.15, -0.1) is 0 Å². The fourth-order valence-electron chi connectivity index (χ4n) is 1.55. The molecule has 0 bridgehead atoms. The lowest BCUT2D eigenvalue weighted by atomic mass is 10.2. The first-order valence-electron chi connectivity index (χ1n) is 6.00. The van der Waals surface area contributed by atoms with Crippen LogP contribution < -0.4 is 10.6 Å². The summed E-state index contributed by atoms with van der Waals surface area (Å²) in [5.41, 5.74) is 0.512. The molecule has 1 aromatic carbocycles. The van der Waals surface area contributed by atoms with Crippen molar-refractivity contribution in [2.75, 3.05) is 25.6 Å². The van der Waals surface area contributed by atoms with Crippen molar-refractivity contribution in [3.63, 3.8) is 0 Å². The van der Waals surface area contributed by atoms with Crippen LogP contribution >= 0.6 is 15.9 Å². The topological polar surface area (TPSA) is 87.7 Å². The van der Waals surface area contributed by atoms with Crippen molar-refractivity contribution in [2.24, 2.45) is 5.92 Å². The number of methoxy groups -OCH3 is 1. The highest BCUT2D eigenvalue weighted by molar-refractivity contribution is 9.10. The number of anilines is 1. The number of halogens is 1. The fourth-order valence-corrected chi connectivity index (χ4v) is 1.97. The Hall–Kier alpha value is -1.60. The molecule has 1 unspecified atom stereocenters. The lowest BCUT2D eigenvalue weighted by molar-refractivity contribution is 0.0696. The molecule has 6 nitrogen and oxygen atoms in total. The summed E-state index contributed by atoms with van der Waals surface area (Å²) < 4.78 is 5.43. The van der Waals surface area contributed by atoms with Gasteiger partial charge in [-0.1, -0.05) is 6.92 Å². The summed E-state index contributed by atoms with van der Waals surface area (Å²) in [5, 5.41) is 14.3. The number of hydrogen-bond donors (Lipinski definition) is 3. The number of amides is 2. The van der Waals surface area contributed by atoms with E-state index in [1.165, 1.54) is 6.07 Å². The second-order valence-corrected chi connectivity index (χ2v) is 5.25. The highest BCUT2D eigenvalue weighted by atomic mass is 79.9. The average Bonchev–Trinajstić information content (AvgIpc) is 2.39. The van der Waals surface area contributed by atoms with E-state index in [0.29, 0.717) is 23.3 Å². The Kier molecular flexibility index (Phi) is 6.47. The molecule has 0 saturated heterocycles. The van der Waals surface area contributed by atoms with Gasteiger partial charge in [-0.25, -0.2) is 9.59 Å². The summed E-state index contributed by atoms with van der Waals surface area (Å²) in [6.45, 7) is 2.98. The maximum atomic E-state index is 11.7. The highest BCUT2D eigenvalue weighted by Gasteiger charge is 2.11. The van der Waals surface area contributed by atoms with Gasteiger partial charge >= 0.3 is 12.0 Å². The van der Waals surface area contributed by atoms with E-state index in [4.69, 9.17) is 9.84 Å². The van der Waals surface area contributed by atoms with Crippen molar-refractivity contribution in [1.29, 1.82) is 0 Å². The first-order chi connectivity index (χ1) is 9.43. The Balaban J connectivity index is 2.58. The van der Waals surface area contributed by atoms with Crippen LogP contribution in [0.15, 0.2) is 22.7 Å². The van der Waals surface area contributed by atoms with Crippen LogP contribution in [0.2, 0.25) is 0 Å². The number of carbonyl (C=O) groups excluding carboxylic acids is 1. The lowest BCUT2D eigenvalue weighted by Crippen LogP contribution is -2.33. The number of aromatic carboxylic acids is 1. The summed E-state index contributed by atoms with van der Waals surface area (Å²) >= 11 is 3.14. The number of urea groups is 1. The van der Waals surface area contributed by atoms with Gasteiger partial charge in [0.25, 0.3) is 0 Å². The monoisotopic (exact) mass is 344 g/mol. The minimum absolute atomic E-state index is 0.0931. The van der Waals surface area contributed by atoms with Crippen LogP contribution in [0.25, 0.3) is 0 Å². The summed E-state index contributed by atoms with van der Waals surface area (Å²) in [6, 6.07) is 4.21. The van der Waals surface area contributed by atoms with Crippen molar-refractivity contribution in [2.45, 2.75) is 6.92 Å². The molecule has 0 aromatic heterocycles. The summed E-state index contributed by atoms with van der Waals surface area (Å²) in [4.78, 5) is 22.6. The molecule has 1 rings (SSSR count). The van der Waals surface area contributed by atoms with Crippen LogP contribution in [0.1, 0.15) is 17.3 Å². The van der Waals surface area contributed by atoms with Crippen molar-refractivity contribution in [3.05, 3.63) is 28.2 Å². The number of carbonyl (C=O) groups is 2. The minimum atomic E-state index is -1.06. The van der Waals surface area contributed by atoms with Crippen molar-refractivity contribution in [3.8, 4) is 0 Å². The van der Waals surface area contributed by atoms with Crippen molar-refractivity contribution >= 4 is 33.6 Å². The van der Waals surface area contributed by atoms with Crippen LogP contribution in [0, 0.1) is 5.92 Å². The third kappa shape index (κ3) is 5.18. The molecule has 7 heteroatoms. The van der Waals surface area contributed by atoms with Gasteiger partial charge in [0.2, 0.25) is 0 Å². The van der Waals surface area contributed by atoms with Gasteiger partial charge in [-0.05, 0) is 40.0 Å². The molecule has 0 spiro atoms. The molecular formula is C13H17BrN2O4. The number of rotatable bonds is 6. The zero-order chi connectivity index (χ0) is 15.1. The van der Waals surface area contributed by atoms with Crippen LogP contribution in [0.3, 0.4) is 0 Å². The van der Waals surface area contributed by atoms with Crippen molar-refractivity contribution < 1.29 is 19.4 Å². The van der Waals surface area contributed by atoms with Gasteiger partial charge < -0.3 is 20.5 Å². The zero-order valence-corrected chi connectivity index (χ0v) is 12.9. The number of carboxylic acids is 1. The van der Waals surface area contributed by atoms with E-state index in [2.05, 4.69) is 26.6 Å². The maximum Gasteiger partial charge on any atom is 0.336 e. The summed E-state index contributed by atoms with van der Waals surface area (Å²) in [6.07, 6.45) is 0. The second-order valence-electron chi connectivity index (χ2n) is 4.40. The second kappa shape index (κ2) is 7.86. The molecule has 1 aromatic rings. The Morgan fingerprint density at radius 2 is 2.15 bits per heavy atom. The number of nitrogens with one attached hydrogen (secondary N) is 2. The molecule has 0 radical (unpaired) electrons. The van der Waals surface area contributed by atoms with E-state index >= 15 is 0 Å². The van der Waals surface area contributed by atoms with Gasteiger partial charge in [0, 0.05) is 23.8 Å². The van der Waals surface area contributed by atoms with Crippen molar-refractivity contribution in [1.82, 2.24) is 5.32 Å². The molecule has 3 N–H and O–H groups in total. The molecule has 0 aliphatic rings. The normalized spacial score (nSPS) is 11.8.